The van der Waals surface area contributed by atoms with Crippen molar-refractivity contribution in [2.75, 3.05) is 20.1 Å². The summed E-state index contributed by atoms with van der Waals surface area (Å²) in [5, 5.41) is 9.25. The number of hydrogen-bond donors (Lipinski definition) is 3. The van der Waals surface area contributed by atoms with Gasteiger partial charge in [0, 0.05) is 29.0 Å². The molecular weight excluding hydrogens is 495 g/mol. The van der Waals surface area contributed by atoms with E-state index in [-0.39, 0.29) is 47.4 Å². The standard InChI is InChI=1S/C18H29BrN4O.HI/c1-17(2,3)23-15(24)11-21-16(20-6)22-12-18(4,5)13-8-7-9-14(19)10-13;/h7-10H,11-12H2,1-6H3,(H,23,24)(H2,20,21,22);1H. The van der Waals surface area contributed by atoms with Crippen LogP contribution >= 0.6 is 39.9 Å². The van der Waals surface area contributed by atoms with Crippen LogP contribution in [0.2, 0.25) is 0 Å². The Labute approximate surface area is 177 Å². The van der Waals surface area contributed by atoms with Crippen molar-refractivity contribution in [3.63, 3.8) is 0 Å². The molecule has 0 aliphatic carbocycles. The van der Waals surface area contributed by atoms with Crippen LogP contribution in [0.25, 0.3) is 0 Å². The normalized spacial score (nSPS) is 12.2. The largest absolute Gasteiger partial charge is 0.356 e. The minimum absolute atomic E-state index is 0. The van der Waals surface area contributed by atoms with Crippen molar-refractivity contribution in [2.45, 2.75) is 45.6 Å². The van der Waals surface area contributed by atoms with Crippen molar-refractivity contribution >= 4 is 51.8 Å². The van der Waals surface area contributed by atoms with Gasteiger partial charge in [-0.25, -0.2) is 0 Å². The number of hydrogen-bond acceptors (Lipinski definition) is 2. The van der Waals surface area contributed by atoms with Crippen LogP contribution in [-0.2, 0) is 10.2 Å². The van der Waals surface area contributed by atoms with E-state index in [0.29, 0.717) is 12.5 Å². The van der Waals surface area contributed by atoms with Crippen LogP contribution in [0.4, 0.5) is 0 Å². The fourth-order valence-corrected chi connectivity index (χ4v) is 2.56. The van der Waals surface area contributed by atoms with Crippen LogP contribution in [0.3, 0.4) is 0 Å². The summed E-state index contributed by atoms with van der Waals surface area (Å²) in [6.07, 6.45) is 0. The van der Waals surface area contributed by atoms with Gasteiger partial charge in [-0.1, -0.05) is 41.9 Å². The molecule has 1 aromatic rings. The SMILES string of the molecule is CN=C(NCC(=O)NC(C)(C)C)NCC(C)(C)c1cccc(Br)c1.I. The molecule has 0 aliphatic rings. The van der Waals surface area contributed by atoms with Gasteiger partial charge in [0.15, 0.2) is 5.96 Å². The second-order valence-corrected chi connectivity index (χ2v) is 8.39. The summed E-state index contributed by atoms with van der Waals surface area (Å²) < 4.78 is 1.06. The number of amides is 1. The Morgan fingerprint density at radius 1 is 1.16 bits per heavy atom. The highest BCUT2D eigenvalue weighted by atomic mass is 127. The molecule has 0 spiro atoms. The first kappa shape index (κ1) is 24.2. The second-order valence-electron chi connectivity index (χ2n) is 7.47. The number of carbonyl (C=O) groups is 1. The number of guanidine groups is 1. The van der Waals surface area contributed by atoms with E-state index in [2.05, 4.69) is 62.9 Å². The Kier molecular flexibility index (Phi) is 10.0. The van der Waals surface area contributed by atoms with Crippen LogP contribution in [-0.4, -0.2) is 37.5 Å². The molecule has 0 bridgehead atoms. The van der Waals surface area contributed by atoms with E-state index >= 15 is 0 Å². The monoisotopic (exact) mass is 524 g/mol. The molecule has 0 saturated heterocycles. The molecule has 142 valence electrons. The number of rotatable bonds is 5. The van der Waals surface area contributed by atoms with Gasteiger partial charge in [0.25, 0.3) is 0 Å². The highest BCUT2D eigenvalue weighted by Crippen LogP contribution is 2.24. The summed E-state index contributed by atoms with van der Waals surface area (Å²) in [7, 11) is 1.70. The van der Waals surface area contributed by atoms with Gasteiger partial charge in [-0.05, 0) is 38.5 Å². The molecular formula is C18H30BrIN4O. The molecule has 7 heteroatoms. The predicted octanol–water partition coefficient (Wildman–Crippen LogP) is 3.42. The summed E-state index contributed by atoms with van der Waals surface area (Å²) in [6, 6.07) is 8.28. The van der Waals surface area contributed by atoms with E-state index in [1.165, 1.54) is 5.56 Å². The van der Waals surface area contributed by atoms with Crippen molar-refractivity contribution in [1.82, 2.24) is 16.0 Å². The quantitative estimate of drug-likeness (QED) is 0.314. The molecule has 0 fully saturated rings. The van der Waals surface area contributed by atoms with Gasteiger partial charge in [-0.3, -0.25) is 9.79 Å². The van der Waals surface area contributed by atoms with Crippen molar-refractivity contribution in [2.24, 2.45) is 4.99 Å². The lowest BCUT2D eigenvalue weighted by Gasteiger charge is -2.27. The molecule has 3 N–H and O–H groups in total. The summed E-state index contributed by atoms with van der Waals surface area (Å²) in [4.78, 5) is 16.1. The molecule has 5 nitrogen and oxygen atoms in total. The Hall–Kier alpha value is -0.830. The number of nitrogens with zero attached hydrogens (tertiary/aromatic N) is 1. The van der Waals surface area contributed by atoms with Crippen molar-refractivity contribution in [3.8, 4) is 0 Å². The van der Waals surface area contributed by atoms with Gasteiger partial charge < -0.3 is 16.0 Å². The molecule has 1 rings (SSSR count). The lowest BCUT2D eigenvalue weighted by molar-refractivity contribution is -0.121. The van der Waals surface area contributed by atoms with Crippen molar-refractivity contribution in [1.29, 1.82) is 0 Å². The number of benzene rings is 1. The molecule has 1 aromatic carbocycles. The highest BCUT2D eigenvalue weighted by Gasteiger charge is 2.21. The van der Waals surface area contributed by atoms with E-state index in [1.807, 2.05) is 32.9 Å². The number of nitrogens with one attached hydrogen (secondary N) is 3. The minimum atomic E-state index is -0.238. The lowest BCUT2D eigenvalue weighted by Crippen LogP contribution is -2.49. The van der Waals surface area contributed by atoms with Gasteiger partial charge in [-0.2, -0.15) is 0 Å². The third kappa shape index (κ3) is 9.44. The van der Waals surface area contributed by atoms with Gasteiger partial charge in [0.2, 0.25) is 5.91 Å². The van der Waals surface area contributed by atoms with Gasteiger partial charge >= 0.3 is 0 Å². The molecule has 0 saturated carbocycles. The second kappa shape index (κ2) is 10.4. The third-order valence-corrected chi connectivity index (χ3v) is 3.95. The highest BCUT2D eigenvalue weighted by molar-refractivity contribution is 14.0. The van der Waals surface area contributed by atoms with Crippen LogP contribution in [0.15, 0.2) is 33.7 Å². The first-order valence-electron chi connectivity index (χ1n) is 8.05. The summed E-state index contributed by atoms with van der Waals surface area (Å²) >= 11 is 3.51. The third-order valence-electron chi connectivity index (χ3n) is 3.46. The Bertz CT molecular complexity index is 597. The molecule has 0 heterocycles. The smallest absolute Gasteiger partial charge is 0.239 e. The predicted molar refractivity (Wildman–Crippen MR) is 120 cm³/mol. The fourth-order valence-electron chi connectivity index (χ4n) is 2.16. The minimum Gasteiger partial charge on any atom is -0.356 e. The first-order chi connectivity index (χ1) is 11.0. The number of halogens is 2. The van der Waals surface area contributed by atoms with Crippen LogP contribution < -0.4 is 16.0 Å². The topological polar surface area (TPSA) is 65.5 Å². The fraction of sp³-hybridized carbons (Fsp3) is 0.556. The van der Waals surface area contributed by atoms with E-state index in [1.54, 1.807) is 7.05 Å². The summed E-state index contributed by atoms with van der Waals surface area (Å²) in [5.74, 6) is 0.554. The van der Waals surface area contributed by atoms with E-state index in [9.17, 15) is 4.79 Å². The average Bonchev–Trinajstić information content (AvgIpc) is 2.45. The van der Waals surface area contributed by atoms with Gasteiger partial charge in [0.05, 0.1) is 6.54 Å². The van der Waals surface area contributed by atoms with Crippen LogP contribution in [0.5, 0.6) is 0 Å². The average molecular weight is 525 g/mol. The van der Waals surface area contributed by atoms with Gasteiger partial charge in [0.1, 0.15) is 0 Å². The zero-order valence-electron chi connectivity index (χ0n) is 15.9. The zero-order valence-corrected chi connectivity index (χ0v) is 19.8. The summed E-state index contributed by atoms with van der Waals surface area (Å²) in [6.45, 7) is 11.1. The maximum absolute atomic E-state index is 11.9. The molecule has 0 aromatic heterocycles. The maximum Gasteiger partial charge on any atom is 0.239 e. The zero-order chi connectivity index (χ0) is 18.4. The first-order valence-corrected chi connectivity index (χ1v) is 8.84. The molecule has 0 radical (unpaired) electrons. The Balaban J connectivity index is 0.00000576. The molecule has 0 unspecified atom stereocenters. The summed E-state index contributed by atoms with van der Waals surface area (Å²) in [5.41, 5.74) is 0.915. The van der Waals surface area contributed by atoms with E-state index < -0.39 is 0 Å². The molecule has 25 heavy (non-hydrogen) atoms. The van der Waals surface area contributed by atoms with E-state index in [0.717, 1.165) is 4.47 Å². The lowest BCUT2D eigenvalue weighted by atomic mass is 9.85. The van der Waals surface area contributed by atoms with E-state index in [4.69, 9.17) is 0 Å². The number of carbonyl (C=O) groups excluding carboxylic acids is 1. The van der Waals surface area contributed by atoms with Gasteiger partial charge in [-0.15, -0.1) is 24.0 Å². The van der Waals surface area contributed by atoms with Crippen molar-refractivity contribution < 1.29 is 4.79 Å². The maximum atomic E-state index is 11.9. The Morgan fingerprint density at radius 3 is 2.32 bits per heavy atom. The molecule has 0 atom stereocenters. The molecule has 1 amide bonds. The van der Waals surface area contributed by atoms with Crippen LogP contribution in [0, 0.1) is 0 Å². The molecule has 0 aliphatic heterocycles. The van der Waals surface area contributed by atoms with Crippen LogP contribution in [0.1, 0.15) is 40.2 Å². The Morgan fingerprint density at radius 2 is 1.80 bits per heavy atom. The number of aliphatic imine (C=N–C) groups is 1. The van der Waals surface area contributed by atoms with Crippen molar-refractivity contribution in [3.05, 3.63) is 34.3 Å².